The Bertz CT molecular complexity index is 1220. The first-order valence-electron chi connectivity index (χ1n) is 9.55. The van der Waals surface area contributed by atoms with E-state index >= 15 is 0 Å². The van der Waals surface area contributed by atoms with Crippen LogP contribution in [-0.4, -0.2) is 39.9 Å². The molecule has 2 heterocycles. The number of hydrogen-bond acceptors (Lipinski definition) is 4. The number of fused-ring (bicyclic) bond motifs is 1. The van der Waals surface area contributed by atoms with Crippen molar-refractivity contribution in [3.8, 4) is 11.3 Å². The number of aromatic nitrogens is 1. The molecule has 4 rings (SSSR count). The van der Waals surface area contributed by atoms with Crippen molar-refractivity contribution in [3.05, 3.63) is 70.0 Å². The minimum absolute atomic E-state index is 0.0383. The van der Waals surface area contributed by atoms with Crippen molar-refractivity contribution in [3.63, 3.8) is 0 Å². The summed E-state index contributed by atoms with van der Waals surface area (Å²) in [4.78, 5) is 27.6. The number of H-pyrrole nitrogens is 1. The molecular weight excluding hydrogens is 413 g/mol. The number of alkyl halides is 3. The van der Waals surface area contributed by atoms with E-state index in [0.29, 0.717) is 10.9 Å². The molecule has 31 heavy (non-hydrogen) atoms. The van der Waals surface area contributed by atoms with E-state index in [9.17, 15) is 33.0 Å². The first-order chi connectivity index (χ1) is 14.7. The summed E-state index contributed by atoms with van der Waals surface area (Å²) < 4.78 is 40.1. The highest BCUT2D eigenvalue weighted by atomic mass is 19.4. The topological polar surface area (TPSA) is 102 Å². The smallest absolute Gasteiger partial charge is 0.394 e. The lowest BCUT2D eigenvalue weighted by Gasteiger charge is -2.23. The Labute approximate surface area is 174 Å². The molecular formula is C22H19F3N2O4. The third-order valence-electron chi connectivity index (χ3n) is 5.70. The first kappa shape index (κ1) is 21.1. The summed E-state index contributed by atoms with van der Waals surface area (Å²) in [7, 11) is 0. The number of halogens is 3. The molecule has 3 aromatic rings. The molecule has 0 bridgehead atoms. The van der Waals surface area contributed by atoms with Gasteiger partial charge in [-0.3, -0.25) is 9.59 Å². The van der Waals surface area contributed by atoms with Crippen LogP contribution in [-0.2, 0) is 11.0 Å². The molecule has 1 saturated heterocycles. The van der Waals surface area contributed by atoms with Gasteiger partial charge >= 0.3 is 6.18 Å². The standard InChI is InChI=1S/C22H19F3N2O4/c23-22(24,25)17-4-2-1-3-14(17)18-8-13-6-5-12(7-15(13)19(30)26-18)16-9-21(10-28,11-29)27-20(16)31/h1-8,16,28-29H,9-11H2,(H,26,30)(H,27,31). The van der Waals surface area contributed by atoms with Crippen LogP contribution in [0.5, 0.6) is 0 Å². The minimum Gasteiger partial charge on any atom is -0.394 e. The Kier molecular flexibility index (Phi) is 5.10. The molecule has 1 aliphatic rings. The Balaban J connectivity index is 1.78. The van der Waals surface area contributed by atoms with Gasteiger partial charge in [0.1, 0.15) is 0 Å². The van der Waals surface area contributed by atoms with E-state index in [1.54, 1.807) is 12.1 Å². The molecule has 1 amide bonds. The highest BCUT2D eigenvalue weighted by Crippen LogP contribution is 2.37. The van der Waals surface area contributed by atoms with Gasteiger partial charge in [0, 0.05) is 16.6 Å². The second kappa shape index (κ2) is 7.51. The number of pyridine rings is 1. The number of amides is 1. The third-order valence-corrected chi connectivity index (χ3v) is 5.70. The average molecular weight is 432 g/mol. The Hall–Kier alpha value is -3.17. The largest absolute Gasteiger partial charge is 0.417 e. The van der Waals surface area contributed by atoms with Crippen LogP contribution in [0.1, 0.15) is 23.5 Å². The lowest BCUT2D eigenvalue weighted by atomic mass is 9.88. The van der Waals surface area contributed by atoms with Crippen LogP contribution in [0.3, 0.4) is 0 Å². The first-order valence-corrected chi connectivity index (χ1v) is 9.55. The molecule has 2 aromatic carbocycles. The van der Waals surface area contributed by atoms with Gasteiger partial charge in [0.15, 0.2) is 0 Å². The maximum Gasteiger partial charge on any atom is 0.417 e. The maximum atomic E-state index is 13.4. The van der Waals surface area contributed by atoms with Crippen molar-refractivity contribution in [1.29, 1.82) is 0 Å². The summed E-state index contributed by atoms with van der Waals surface area (Å²) in [6, 6.07) is 11.2. The number of benzene rings is 2. The predicted molar refractivity (Wildman–Crippen MR) is 107 cm³/mol. The van der Waals surface area contributed by atoms with Crippen molar-refractivity contribution in [2.45, 2.75) is 24.1 Å². The molecule has 1 unspecified atom stereocenters. The molecule has 6 nitrogen and oxygen atoms in total. The number of carbonyl (C=O) groups excluding carboxylic acids is 1. The van der Waals surface area contributed by atoms with Crippen molar-refractivity contribution in [1.82, 2.24) is 10.3 Å². The van der Waals surface area contributed by atoms with Gasteiger partial charge in [-0.2, -0.15) is 13.2 Å². The average Bonchev–Trinajstić information content (AvgIpc) is 3.10. The van der Waals surface area contributed by atoms with E-state index in [1.165, 1.54) is 30.3 Å². The minimum atomic E-state index is -4.58. The number of nitrogens with one attached hydrogen (secondary N) is 2. The van der Waals surface area contributed by atoms with E-state index in [2.05, 4.69) is 10.3 Å². The second-order valence-corrected chi connectivity index (χ2v) is 7.74. The summed E-state index contributed by atoms with van der Waals surface area (Å²) in [5, 5.41) is 22.3. The molecule has 1 atom stereocenters. The molecule has 162 valence electrons. The Morgan fingerprint density at radius 3 is 2.39 bits per heavy atom. The molecule has 0 aliphatic carbocycles. The zero-order valence-electron chi connectivity index (χ0n) is 16.2. The maximum absolute atomic E-state index is 13.4. The van der Waals surface area contributed by atoms with Gasteiger partial charge in [-0.25, -0.2) is 0 Å². The van der Waals surface area contributed by atoms with Crippen molar-refractivity contribution in [2.75, 3.05) is 13.2 Å². The molecule has 4 N–H and O–H groups in total. The molecule has 1 fully saturated rings. The summed E-state index contributed by atoms with van der Waals surface area (Å²) in [6.07, 6.45) is -4.42. The van der Waals surface area contributed by atoms with E-state index < -0.39 is 42.0 Å². The van der Waals surface area contributed by atoms with Gasteiger partial charge in [-0.15, -0.1) is 0 Å². The number of aliphatic hydroxyl groups excluding tert-OH is 2. The number of rotatable bonds is 4. The molecule has 0 radical (unpaired) electrons. The third kappa shape index (κ3) is 3.70. The van der Waals surface area contributed by atoms with E-state index in [-0.39, 0.29) is 29.0 Å². The highest BCUT2D eigenvalue weighted by Gasteiger charge is 2.44. The van der Waals surface area contributed by atoms with Crippen molar-refractivity contribution < 1.29 is 28.2 Å². The van der Waals surface area contributed by atoms with Crippen LogP contribution in [0, 0.1) is 0 Å². The number of carbonyl (C=O) groups is 1. The summed E-state index contributed by atoms with van der Waals surface area (Å²) in [5.74, 6) is -1.05. The fourth-order valence-electron chi connectivity index (χ4n) is 4.01. The molecule has 9 heteroatoms. The van der Waals surface area contributed by atoms with E-state index in [0.717, 1.165) is 6.07 Å². The summed E-state index contributed by atoms with van der Waals surface area (Å²) >= 11 is 0. The molecule has 1 aromatic heterocycles. The lowest BCUT2D eigenvalue weighted by Crippen LogP contribution is -2.48. The summed E-state index contributed by atoms with van der Waals surface area (Å²) in [5.41, 5.74) is -2.15. The van der Waals surface area contributed by atoms with Gasteiger partial charge in [-0.05, 0) is 35.6 Å². The Morgan fingerprint density at radius 1 is 1.03 bits per heavy atom. The normalized spacial score (nSPS) is 18.4. The monoisotopic (exact) mass is 432 g/mol. The molecule has 0 spiro atoms. The van der Waals surface area contributed by atoms with Crippen LogP contribution in [0.4, 0.5) is 13.2 Å². The van der Waals surface area contributed by atoms with Crippen LogP contribution in [0.2, 0.25) is 0 Å². The van der Waals surface area contributed by atoms with Gasteiger partial charge in [0.2, 0.25) is 5.91 Å². The van der Waals surface area contributed by atoms with Gasteiger partial charge in [0.05, 0.1) is 30.2 Å². The SMILES string of the molecule is O=C1NC(CO)(CO)CC1c1ccc2cc(-c3ccccc3C(F)(F)F)[nH]c(=O)c2c1. The predicted octanol–water partition coefficient (Wildman–Crippen LogP) is 2.54. The highest BCUT2D eigenvalue weighted by molar-refractivity contribution is 5.91. The quantitative estimate of drug-likeness (QED) is 0.509. The van der Waals surface area contributed by atoms with Crippen LogP contribution in [0.15, 0.2) is 53.3 Å². The van der Waals surface area contributed by atoms with Gasteiger partial charge in [-0.1, -0.05) is 30.3 Å². The molecule has 1 aliphatic heterocycles. The lowest BCUT2D eigenvalue weighted by molar-refractivity contribution is -0.137. The number of aromatic amines is 1. The van der Waals surface area contributed by atoms with E-state index in [1.807, 2.05) is 0 Å². The van der Waals surface area contributed by atoms with Gasteiger partial charge < -0.3 is 20.5 Å². The van der Waals surface area contributed by atoms with Crippen molar-refractivity contribution in [2.24, 2.45) is 0 Å². The van der Waals surface area contributed by atoms with Crippen LogP contribution in [0.25, 0.3) is 22.0 Å². The van der Waals surface area contributed by atoms with Gasteiger partial charge in [0.25, 0.3) is 5.56 Å². The van der Waals surface area contributed by atoms with Crippen LogP contribution >= 0.6 is 0 Å². The zero-order valence-corrected chi connectivity index (χ0v) is 16.2. The van der Waals surface area contributed by atoms with Crippen molar-refractivity contribution >= 4 is 16.7 Å². The Morgan fingerprint density at radius 2 is 1.74 bits per heavy atom. The molecule has 0 saturated carbocycles. The second-order valence-electron chi connectivity index (χ2n) is 7.74. The van der Waals surface area contributed by atoms with Crippen LogP contribution < -0.4 is 10.9 Å². The zero-order chi connectivity index (χ0) is 22.4. The number of aliphatic hydroxyl groups is 2. The van der Waals surface area contributed by atoms with E-state index in [4.69, 9.17) is 0 Å². The fourth-order valence-corrected chi connectivity index (χ4v) is 4.01. The number of hydrogen-bond donors (Lipinski definition) is 4. The fraction of sp³-hybridized carbons (Fsp3) is 0.273. The summed E-state index contributed by atoms with van der Waals surface area (Å²) in [6.45, 7) is -0.857.